The van der Waals surface area contributed by atoms with Crippen LogP contribution in [-0.2, 0) is 4.79 Å². The minimum Gasteiger partial charge on any atom is -0.492 e. The third-order valence-electron chi connectivity index (χ3n) is 4.64. The Kier molecular flexibility index (Phi) is 6.76. The van der Waals surface area contributed by atoms with Crippen LogP contribution in [0, 0.1) is 0 Å². The molecule has 0 aromatic heterocycles. The molecule has 1 saturated heterocycles. The first-order valence-electron chi connectivity index (χ1n) is 9.37. The van der Waals surface area contributed by atoms with E-state index in [2.05, 4.69) is 10.2 Å². The van der Waals surface area contributed by atoms with E-state index in [0.717, 1.165) is 24.5 Å². The summed E-state index contributed by atoms with van der Waals surface area (Å²) in [4.78, 5) is 28.6. The van der Waals surface area contributed by atoms with Gasteiger partial charge >= 0.3 is 0 Å². The monoisotopic (exact) mass is 401 g/mol. The summed E-state index contributed by atoms with van der Waals surface area (Å²) in [6.45, 7) is 5.22. The Morgan fingerprint density at radius 2 is 1.71 bits per heavy atom. The molecular formula is C21H24ClN3O3. The molecule has 2 aromatic rings. The van der Waals surface area contributed by atoms with Crippen LogP contribution in [0.4, 0.5) is 5.69 Å². The van der Waals surface area contributed by atoms with Crippen LogP contribution in [0.15, 0.2) is 48.5 Å². The highest BCUT2D eigenvalue weighted by Gasteiger charge is 2.23. The van der Waals surface area contributed by atoms with Gasteiger partial charge in [0.1, 0.15) is 5.75 Å². The predicted molar refractivity (Wildman–Crippen MR) is 110 cm³/mol. The number of anilines is 1. The lowest BCUT2D eigenvalue weighted by Crippen LogP contribution is -2.51. The number of piperazine rings is 1. The van der Waals surface area contributed by atoms with Crippen molar-refractivity contribution in [2.45, 2.75) is 6.92 Å². The molecule has 0 bridgehead atoms. The minimum absolute atomic E-state index is 0.0169. The summed E-state index contributed by atoms with van der Waals surface area (Å²) in [5, 5.41) is 3.24. The SMILES string of the molecule is CCOc1ccccc1N1CCN(C(=O)CNC(=O)c2ccc(Cl)cc2)CC1. The third kappa shape index (κ3) is 4.95. The van der Waals surface area contributed by atoms with Crippen molar-refractivity contribution in [3.63, 3.8) is 0 Å². The molecule has 0 saturated carbocycles. The molecule has 1 heterocycles. The number of nitrogens with one attached hydrogen (secondary N) is 1. The standard InChI is InChI=1S/C21H24ClN3O3/c1-2-28-19-6-4-3-5-18(19)24-11-13-25(14-12-24)20(26)15-23-21(27)16-7-9-17(22)10-8-16/h3-10H,2,11-15H2,1H3,(H,23,27). The fraction of sp³-hybridized carbons (Fsp3) is 0.333. The van der Waals surface area contributed by atoms with Crippen LogP contribution >= 0.6 is 11.6 Å². The number of ether oxygens (including phenoxy) is 1. The van der Waals surface area contributed by atoms with Crippen molar-refractivity contribution in [2.75, 3.05) is 44.2 Å². The van der Waals surface area contributed by atoms with Crippen LogP contribution < -0.4 is 15.0 Å². The minimum atomic E-state index is -0.283. The van der Waals surface area contributed by atoms with Gasteiger partial charge in [-0.2, -0.15) is 0 Å². The van der Waals surface area contributed by atoms with E-state index in [-0.39, 0.29) is 18.4 Å². The van der Waals surface area contributed by atoms with Gasteiger partial charge in [0.2, 0.25) is 5.91 Å². The van der Waals surface area contributed by atoms with Gasteiger partial charge in [-0.15, -0.1) is 0 Å². The van der Waals surface area contributed by atoms with Gasteiger partial charge in [0.25, 0.3) is 5.91 Å². The van der Waals surface area contributed by atoms with Crippen molar-refractivity contribution in [3.8, 4) is 5.75 Å². The molecule has 0 unspecified atom stereocenters. The highest BCUT2D eigenvalue weighted by Crippen LogP contribution is 2.28. The van der Waals surface area contributed by atoms with Crippen LogP contribution in [0.2, 0.25) is 5.02 Å². The molecule has 1 fully saturated rings. The average molecular weight is 402 g/mol. The Hall–Kier alpha value is -2.73. The molecule has 2 amide bonds. The van der Waals surface area contributed by atoms with Crippen molar-refractivity contribution in [1.82, 2.24) is 10.2 Å². The summed E-state index contributed by atoms with van der Waals surface area (Å²) >= 11 is 5.82. The van der Waals surface area contributed by atoms with Gasteiger partial charge < -0.3 is 19.9 Å². The molecule has 3 rings (SSSR count). The lowest BCUT2D eigenvalue weighted by Gasteiger charge is -2.36. The number of carbonyl (C=O) groups is 2. The fourth-order valence-electron chi connectivity index (χ4n) is 3.16. The van der Waals surface area contributed by atoms with Crippen LogP contribution in [-0.4, -0.2) is 56.0 Å². The Balaban J connectivity index is 1.50. The van der Waals surface area contributed by atoms with E-state index in [0.29, 0.717) is 30.3 Å². The van der Waals surface area contributed by atoms with Gasteiger partial charge in [-0.3, -0.25) is 9.59 Å². The van der Waals surface area contributed by atoms with E-state index in [1.165, 1.54) is 0 Å². The lowest BCUT2D eigenvalue weighted by atomic mass is 10.2. The number of benzene rings is 2. The summed E-state index contributed by atoms with van der Waals surface area (Å²) in [6, 6.07) is 14.5. The molecule has 1 N–H and O–H groups in total. The lowest BCUT2D eigenvalue weighted by molar-refractivity contribution is -0.130. The van der Waals surface area contributed by atoms with Crippen molar-refractivity contribution in [3.05, 3.63) is 59.1 Å². The van der Waals surface area contributed by atoms with E-state index in [1.807, 2.05) is 31.2 Å². The smallest absolute Gasteiger partial charge is 0.251 e. The first-order valence-corrected chi connectivity index (χ1v) is 9.74. The number of nitrogens with zero attached hydrogens (tertiary/aromatic N) is 2. The van der Waals surface area contributed by atoms with Gasteiger partial charge in [-0.05, 0) is 43.3 Å². The van der Waals surface area contributed by atoms with Crippen LogP contribution in [0.5, 0.6) is 5.75 Å². The molecule has 0 radical (unpaired) electrons. The van der Waals surface area contributed by atoms with Crippen LogP contribution in [0.25, 0.3) is 0 Å². The number of hydrogen-bond acceptors (Lipinski definition) is 4. The number of para-hydroxylation sites is 2. The summed E-state index contributed by atoms with van der Waals surface area (Å²) in [5.41, 5.74) is 1.53. The van der Waals surface area contributed by atoms with Crippen molar-refractivity contribution in [1.29, 1.82) is 0 Å². The maximum Gasteiger partial charge on any atom is 0.251 e. The zero-order chi connectivity index (χ0) is 19.9. The van der Waals surface area contributed by atoms with Gasteiger partial charge in [-0.25, -0.2) is 0 Å². The Morgan fingerprint density at radius 3 is 2.39 bits per heavy atom. The van der Waals surface area contributed by atoms with Crippen molar-refractivity contribution < 1.29 is 14.3 Å². The normalized spacial score (nSPS) is 13.9. The van der Waals surface area contributed by atoms with E-state index in [1.54, 1.807) is 29.2 Å². The maximum absolute atomic E-state index is 12.4. The van der Waals surface area contributed by atoms with Crippen LogP contribution in [0.1, 0.15) is 17.3 Å². The van der Waals surface area contributed by atoms with E-state index in [4.69, 9.17) is 16.3 Å². The number of halogens is 1. The molecule has 1 aliphatic rings. The fourth-order valence-corrected chi connectivity index (χ4v) is 3.29. The molecular weight excluding hydrogens is 378 g/mol. The third-order valence-corrected chi connectivity index (χ3v) is 4.90. The van der Waals surface area contributed by atoms with E-state index < -0.39 is 0 Å². The molecule has 7 heteroatoms. The van der Waals surface area contributed by atoms with E-state index in [9.17, 15) is 9.59 Å². The Labute approximate surface area is 170 Å². The molecule has 0 spiro atoms. The summed E-state index contributed by atoms with van der Waals surface area (Å²) < 4.78 is 5.70. The van der Waals surface area contributed by atoms with Crippen LogP contribution in [0.3, 0.4) is 0 Å². The maximum atomic E-state index is 12.4. The average Bonchev–Trinajstić information content (AvgIpc) is 2.73. The zero-order valence-electron chi connectivity index (χ0n) is 15.9. The van der Waals surface area contributed by atoms with Gasteiger partial charge in [0.05, 0.1) is 18.8 Å². The molecule has 2 aromatic carbocycles. The zero-order valence-corrected chi connectivity index (χ0v) is 16.6. The molecule has 1 aliphatic heterocycles. The van der Waals surface area contributed by atoms with Crippen molar-refractivity contribution in [2.24, 2.45) is 0 Å². The largest absolute Gasteiger partial charge is 0.492 e. The predicted octanol–water partition coefficient (Wildman–Crippen LogP) is 2.82. The first-order chi connectivity index (χ1) is 13.6. The first kappa shape index (κ1) is 20.0. The molecule has 0 atom stereocenters. The Morgan fingerprint density at radius 1 is 1.04 bits per heavy atom. The quantitative estimate of drug-likeness (QED) is 0.808. The summed E-state index contributed by atoms with van der Waals surface area (Å²) in [5.74, 6) is 0.495. The number of hydrogen-bond donors (Lipinski definition) is 1. The number of carbonyl (C=O) groups excluding carboxylic acids is 2. The van der Waals surface area contributed by atoms with Crippen molar-refractivity contribution >= 4 is 29.1 Å². The second-order valence-corrected chi connectivity index (χ2v) is 6.89. The Bertz CT molecular complexity index is 818. The summed E-state index contributed by atoms with van der Waals surface area (Å²) in [7, 11) is 0. The number of rotatable bonds is 6. The molecule has 6 nitrogen and oxygen atoms in total. The second kappa shape index (κ2) is 9.46. The second-order valence-electron chi connectivity index (χ2n) is 6.46. The molecule has 28 heavy (non-hydrogen) atoms. The highest BCUT2D eigenvalue weighted by molar-refractivity contribution is 6.30. The number of amides is 2. The molecule has 148 valence electrons. The van der Waals surface area contributed by atoms with Gasteiger partial charge in [0.15, 0.2) is 0 Å². The van der Waals surface area contributed by atoms with Gasteiger partial charge in [0, 0.05) is 36.8 Å². The topological polar surface area (TPSA) is 61.9 Å². The molecule has 0 aliphatic carbocycles. The van der Waals surface area contributed by atoms with Gasteiger partial charge in [-0.1, -0.05) is 23.7 Å². The summed E-state index contributed by atoms with van der Waals surface area (Å²) in [6.07, 6.45) is 0. The highest BCUT2D eigenvalue weighted by atomic mass is 35.5. The van der Waals surface area contributed by atoms with E-state index >= 15 is 0 Å².